The third-order valence-electron chi connectivity index (χ3n) is 3.27. The van der Waals surface area contributed by atoms with Gasteiger partial charge in [-0.25, -0.2) is 9.97 Å². The first-order chi connectivity index (χ1) is 9.24. The first-order valence-corrected chi connectivity index (χ1v) is 6.79. The summed E-state index contributed by atoms with van der Waals surface area (Å²) in [5.74, 6) is 1.13. The van der Waals surface area contributed by atoms with Gasteiger partial charge >= 0.3 is 0 Å². The van der Waals surface area contributed by atoms with Crippen LogP contribution in [0.3, 0.4) is 0 Å². The van der Waals surface area contributed by atoms with E-state index in [4.69, 9.17) is 0 Å². The Kier molecular flexibility index (Phi) is 3.29. The summed E-state index contributed by atoms with van der Waals surface area (Å²) in [5, 5.41) is 6.72. The molecule has 0 bridgehead atoms. The van der Waals surface area contributed by atoms with Gasteiger partial charge in [0.15, 0.2) is 0 Å². The Bertz CT molecular complexity index is 586. The van der Waals surface area contributed by atoms with Crippen LogP contribution in [0.2, 0.25) is 0 Å². The summed E-state index contributed by atoms with van der Waals surface area (Å²) in [4.78, 5) is 22.4. The van der Waals surface area contributed by atoms with Gasteiger partial charge in [0.2, 0.25) is 0 Å². The third-order valence-corrected chi connectivity index (χ3v) is 3.70. The Morgan fingerprint density at radius 3 is 3.11 bits per heavy atom. The molecule has 1 saturated heterocycles. The molecule has 1 aliphatic rings. The number of likely N-dealkylation sites (tertiary alicyclic amines) is 1. The minimum atomic E-state index is 0.0325. The van der Waals surface area contributed by atoms with E-state index in [1.54, 1.807) is 18.3 Å². The van der Waals surface area contributed by atoms with E-state index in [-0.39, 0.29) is 11.8 Å². The Balaban J connectivity index is 1.73. The standard InChI is InChI=1S/C12H12BrN5O/c13-10-5-8(1-3-14-10)12(19)18-4-2-9(6-18)11-15-7-16-17-11/h1,3,5,7,9H,2,4,6H2,(H,15,16,17). The summed E-state index contributed by atoms with van der Waals surface area (Å²) in [6.07, 6.45) is 4.04. The lowest BCUT2D eigenvalue weighted by Gasteiger charge is -2.16. The van der Waals surface area contributed by atoms with Crippen molar-refractivity contribution in [3.8, 4) is 0 Å². The molecular formula is C12H12BrN5O. The lowest BCUT2D eigenvalue weighted by molar-refractivity contribution is 0.0790. The lowest BCUT2D eigenvalue weighted by Crippen LogP contribution is -2.28. The van der Waals surface area contributed by atoms with Crippen LogP contribution in [-0.4, -0.2) is 44.1 Å². The zero-order valence-electron chi connectivity index (χ0n) is 10.1. The monoisotopic (exact) mass is 321 g/mol. The van der Waals surface area contributed by atoms with Gasteiger partial charge in [-0.3, -0.25) is 9.89 Å². The Hall–Kier alpha value is -1.76. The molecule has 1 N–H and O–H groups in total. The SMILES string of the molecule is O=C(c1ccnc(Br)c1)N1CCC(c2ncn[nH]2)C1. The van der Waals surface area contributed by atoms with E-state index in [1.165, 1.54) is 6.33 Å². The van der Waals surface area contributed by atoms with E-state index in [0.717, 1.165) is 18.8 Å². The highest BCUT2D eigenvalue weighted by molar-refractivity contribution is 9.10. The molecule has 0 radical (unpaired) electrons. The molecule has 0 aliphatic carbocycles. The molecule has 2 aromatic rings. The molecule has 19 heavy (non-hydrogen) atoms. The normalized spacial score (nSPS) is 18.8. The van der Waals surface area contributed by atoms with Crippen LogP contribution in [0.4, 0.5) is 0 Å². The summed E-state index contributed by atoms with van der Waals surface area (Å²) < 4.78 is 0.671. The third kappa shape index (κ3) is 2.51. The second-order valence-corrected chi connectivity index (χ2v) is 5.29. The van der Waals surface area contributed by atoms with E-state index in [2.05, 4.69) is 36.1 Å². The van der Waals surface area contributed by atoms with Gasteiger partial charge < -0.3 is 4.90 Å². The number of H-pyrrole nitrogens is 1. The first-order valence-electron chi connectivity index (χ1n) is 6.00. The molecule has 0 aromatic carbocycles. The van der Waals surface area contributed by atoms with Gasteiger partial charge in [0, 0.05) is 30.8 Å². The second kappa shape index (κ2) is 5.08. The number of rotatable bonds is 2. The number of aromatic nitrogens is 4. The summed E-state index contributed by atoms with van der Waals surface area (Å²) in [5.41, 5.74) is 0.653. The van der Waals surface area contributed by atoms with Crippen molar-refractivity contribution in [2.75, 3.05) is 13.1 Å². The van der Waals surface area contributed by atoms with Gasteiger partial charge in [0.1, 0.15) is 16.8 Å². The smallest absolute Gasteiger partial charge is 0.254 e. The number of nitrogens with one attached hydrogen (secondary N) is 1. The van der Waals surface area contributed by atoms with Crippen LogP contribution < -0.4 is 0 Å². The van der Waals surface area contributed by atoms with Gasteiger partial charge in [-0.1, -0.05) is 0 Å². The zero-order chi connectivity index (χ0) is 13.2. The Morgan fingerprint density at radius 1 is 1.47 bits per heavy atom. The highest BCUT2D eigenvalue weighted by atomic mass is 79.9. The van der Waals surface area contributed by atoms with Crippen molar-refractivity contribution in [1.29, 1.82) is 0 Å². The molecule has 98 valence electrons. The molecule has 1 aliphatic heterocycles. The Morgan fingerprint density at radius 2 is 2.37 bits per heavy atom. The van der Waals surface area contributed by atoms with Gasteiger partial charge in [-0.2, -0.15) is 5.10 Å². The summed E-state index contributed by atoms with van der Waals surface area (Å²) in [6, 6.07) is 3.47. The van der Waals surface area contributed by atoms with E-state index in [9.17, 15) is 4.79 Å². The summed E-state index contributed by atoms with van der Waals surface area (Å²) in [7, 11) is 0. The first kappa shape index (κ1) is 12.3. The minimum absolute atomic E-state index is 0.0325. The number of pyridine rings is 1. The van der Waals surface area contributed by atoms with Gasteiger partial charge in [-0.15, -0.1) is 0 Å². The maximum absolute atomic E-state index is 12.3. The quantitative estimate of drug-likeness (QED) is 0.852. The zero-order valence-corrected chi connectivity index (χ0v) is 11.7. The van der Waals surface area contributed by atoms with E-state index >= 15 is 0 Å². The number of hydrogen-bond donors (Lipinski definition) is 1. The molecule has 2 aromatic heterocycles. The van der Waals surface area contributed by atoms with Crippen LogP contribution in [0.25, 0.3) is 0 Å². The van der Waals surface area contributed by atoms with E-state index in [0.29, 0.717) is 16.7 Å². The fraction of sp³-hybridized carbons (Fsp3) is 0.333. The Labute approximate surface area is 118 Å². The second-order valence-electron chi connectivity index (χ2n) is 4.47. The molecule has 0 saturated carbocycles. The average molecular weight is 322 g/mol. The molecule has 1 fully saturated rings. The molecule has 6 nitrogen and oxygen atoms in total. The van der Waals surface area contributed by atoms with Crippen LogP contribution in [0.5, 0.6) is 0 Å². The number of hydrogen-bond acceptors (Lipinski definition) is 4. The summed E-state index contributed by atoms with van der Waals surface area (Å²) in [6.45, 7) is 1.41. The van der Waals surface area contributed by atoms with Gasteiger partial charge in [0.05, 0.1) is 0 Å². The van der Waals surface area contributed by atoms with Crippen LogP contribution in [0.15, 0.2) is 29.3 Å². The molecule has 3 heterocycles. The molecule has 1 atom stereocenters. The van der Waals surface area contributed by atoms with Crippen molar-refractivity contribution in [2.24, 2.45) is 0 Å². The predicted octanol–water partition coefficient (Wildman–Crippen LogP) is 1.59. The topological polar surface area (TPSA) is 74.8 Å². The largest absolute Gasteiger partial charge is 0.338 e. The van der Waals surface area contributed by atoms with Gasteiger partial charge in [0.25, 0.3) is 5.91 Å². The van der Waals surface area contributed by atoms with Crippen molar-refractivity contribution in [2.45, 2.75) is 12.3 Å². The molecule has 1 unspecified atom stereocenters. The number of amides is 1. The molecule has 7 heteroatoms. The maximum Gasteiger partial charge on any atom is 0.254 e. The van der Waals surface area contributed by atoms with Crippen molar-refractivity contribution in [3.05, 3.63) is 40.6 Å². The van der Waals surface area contributed by atoms with Crippen molar-refractivity contribution in [1.82, 2.24) is 25.1 Å². The highest BCUT2D eigenvalue weighted by Crippen LogP contribution is 2.25. The minimum Gasteiger partial charge on any atom is -0.338 e. The fourth-order valence-electron chi connectivity index (χ4n) is 2.30. The number of carbonyl (C=O) groups excluding carboxylic acids is 1. The summed E-state index contributed by atoms with van der Waals surface area (Å²) >= 11 is 3.28. The number of nitrogens with zero attached hydrogens (tertiary/aromatic N) is 4. The average Bonchev–Trinajstić information content (AvgIpc) is 3.08. The molecular weight excluding hydrogens is 310 g/mol. The number of halogens is 1. The maximum atomic E-state index is 12.3. The number of aromatic amines is 1. The van der Waals surface area contributed by atoms with Crippen LogP contribution in [-0.2, 0) is 0 Å². The van der Waals surface area contributed by atoms with Gasteiger partial charge in [-0.05, 0) is 34.5 Å². The van der Waals surface area contributed by atoms with Crippen molar-refractivity contribution in [3.63, 3.8) is 0 Å². The molecule has 3 rings (SSSR count). The molecule has 1 amide bonds. The predicted molar refractivity (Wildman–Crippen MR) is 71.6 cm³/mol. The highest BCUT2D eigenvalue weighted by Gasteiger charge is 2.29. The van der Waals surface area contributed by atoms with Crippen molar-refractivity contribution >= 4 is 21.8 Å². The van der Waals surface area contributed by atoms with Crippen LogP contribution in [0, 0.1) is 0 Å². The van der Waals surface area contributed by atoms with Crippen LogP contribution >= 0.6 is 15.9 Å². The molecule has 0 spiro atoms. The lowest BCUT2D eigenvalue weighted by atomic mass is 10.1. The van der Waals surface area contributed by atoms with Crippen LogP contribution in [0.1, 0.15) is 28.5 Å². The van der Waals surface area contributed by atoms with E-state index < -0.39 is 0 Å². The number of carbonyl (C=O) groups is 1. The van der Waals surface area contributed by atoms with Crippen molar-refractivity contribution < 1.29 is 4.79 Å². The van der Waals surface area contributed by atoms with E-state index in [1.807, 2.05) is 4.90 Å². The fourth-order valence-corrected chi connectivity index (χ4v) is 2.66.